The van der Waals surface area contributed by atoms with Crippen LogP contribution in [-0.4, -0.2) is 154 Å². The van der Waals surface area contributed by atoms with Gasteiger partial charge in [-0.3, -0.25) is 0 Å². The zero-order valence-corrected chi connectivity index (χ0v) is 18.0. The number of carbonyl (C=O) groups is 1. The van der Waals surface area contributed by atoms with Crippen LogP contribution in [-0.2, 0) is 18.9 Å². The number of carbonyl (C=O) groups excluding carboxylic acids is 1. The average Bonchev–Trinajstić information content (AvgIpc) is 2.80. The lowest BCUT2D eigenvalue weighted by atomic mass is 9.77. The van der Waals surface area contributed by atoms with Crippen molar-refractivity contribution in [1.29, 1.82) is 0 Å². The Morgan fingerprint density at radius 3 is 2.00 bits per heavy atom. The van der Waals surface area contributed by atoms with Gasteiger partial charge in [0, 0.05) is 13.6 Å². The average molecular weight is 486 g/mol. The molecule has 2 saturated heterocycles. The molecule has 0 aromatic rings. The molecule has 2 unspecified atom stereocenters. The lowest BCUT2D eigenvalue weighted by Crippen LogP contribution is -2.75. The van der Waals surface area contributed by atoms with Crippen LogP contribution in [0.1, 0.15) is 0 Å². The Bertz CT molecular complexity index is 628. The van der Waals surface area contributed by atoms with Crippen LogP contribution in [0.15, 0.2) is 0 Å². The molecular formula is C18H34N2O13. The van der Waals surface area contributed by atoms with Gasteiger partial charge in [0.05, 0.1) is 26.4 Å². The summed E-state index contributed by atoms with van der Waals surface area (Å²) in [7, 11) is 1.23. The third-order valence-electron chi connectivity index (χ3n) is 5.79. The quantitative estimate of drug-likeness (QED) is 0.136. The zero-order valence-electron chi connectivity index (χ0n) is 18.0. The number of aliphatic hydroxyl groups is 8. The summed E-state index contributed by atoms with van der Waals surface area (Å²) in [5.41, 5.74) is 2.88. The van der Waals surface area contributed by atoms with Crippen molar-refractivity contribution >= 4 is 6.09 Å². The third kappa shape index (κ3) is 5.72. The lowest BCUT2D eigenvalue weighted by molar-refractivity contribution is -0.330. The van der Waals surface area contributed by atoms with E-state index in [1.165, 1.54) is 7.05 Å². The molecule has 33 heavy (non-hydrogen) atoms. The maximum Gasteiger partial charge on any atom is 0.407 e. The predicted molar refractivity (Wildman–Crippen MR) is 106 cm³/mol. The van der Waals surface area contributed by atoms with E-state index in [9.17, 15) is 45.6 Å². The van der Waals surface area contributed by atoms with Gasteiger partial charge >= 0.3 is 6.09 Å². The highest BCUT2D eigenvalue weighted by atomic mass is 16.6. The van der Waals surface area contributed by atoms with Crippen molar-refractivity contribution in [3.8, 4) is 0 Å². The van der Waals surface area contributed by atoms with Crippen LogP contribution in [0.3, 0.4) is 0 Å². The second kappa shape index (κ2) is 12.0. The van der Waals surface area contributed by atoms with E-state index in [4.69, 9.17) is 24.7 Å². The Hall–Kier alpha value is -1.21. The predicted octanol–water partition coefficient (Wildman–Crippen LogP) is -6.26. The molecule has 0 saturated carbocycles. The maximum atomic E-state index is 11.7. The molecule has 0 aromatic heterocycles. The highest BCUT2D eigenvalue weighted by molar-refractivity contribution is 5.67. The minimum Gasteiger partial charge on any atom is -0.440 e. The third-order valence-corrected chi connectivity index (χ3v) is 5.79. The van der Waals surface area contributed by atoms with Crippen LogP contribution in [0.5, 0.6) is 0 Å². The van der Waals surface area contributed by atoms with Crippen molar-refractivity contribution in [3.63, 3.8) is 0 Å². The van der Waals surface area contributed by atoms with Crippen LogP contribution < -0.4 is 11.1 Å². The molecule has 11 N–H and O–H groups in total. The monoisotopic (exact) mass is 486 g/mol. The number of ether oxygens (including phenoxy) is 4. The Kier molecular flexibility index (Phi) is 10.2. The van der Waals surface area contributed by atoms with Crippen molar-refractivity contribution in [2.45, 2.75) is 66.6 Å². The highest BCUT2D eigenvalue weighted by Crippen LogP contribution is 2.37. The van der Waals surface area contributed by atoms with E-state index in [1.807, 2.05) is 0 Å². The van der Waals surface area contributed by atoms with Gasteiger partial charge in [0.15, 0.2) is 6.10 Å². The van der Waals surface area contributed by atoms with Crippen molar-refractivity contribution in [3.05, 3.63) is 0 Å². The fraction of sp³-hybridized carbons (Fsp3) is 0.944. The van der Waals surface area contributed by atoms with E-state index in [0.29, 0.717) is 0 Å². The van der Waals surface area contributed by atoms with Gasteiger partial charge in [0.2, 0.25) is 0 Å². The fourth-order valence-corrected chi connectivity index (χ4v) is 3.98. The van der Waals surface area contributed by atoms with Gasteiger partial charge in [-0.25, -0.2) is 4.79 Å². The van der Waals surface area contributed by atoms with Crippen LogP contribution in [0.25, 0.3) is 0 Å². The number of amides is 1. The molecule has 2 aliphatic heterocycles. The molecule has 2 heterocycles. The molecule has 1 amide bonds. The number of aliphatic hydroxyl groups excluding tert-OH is 7. The molecular weight excluding hydrogens is 452 g/mol. The van der Waals surface area contributed by atoms with Gasteiger partial charge in [0.1, 0.15) is 60.5 Å². The van der Waals surface area contributed by atoms with Crippen LogP contribution >= 0.6 is 0 Å². The van der Waals surface area contributed by atoms with Gasteiger partial charge in [-0.1, -0.05) is 0 Å². The Labute approximate surface area is 189 Å². The molecule has 0 aromatic carbocycles. The van der Waals surface area contributed by atoms with Crippen molar-refractivity contribution in [2.75, 3.05) is 40.0 Å². The molecule has 11 atom stereocenters. The minimum absolute atomic E-state index is 0.0270. The molecule has 2 rings (SSSR count). The SMILES string of the molecule is CNC(=O)O[C@H]1[C@H](O)[C@@H](CO)O[C@H](C(O)(COCCN)C2O[C@@H](CO)[C@@H](O)[C@H](O)[C@@H]2O)[C@H]1O. The summed E-state index contributed by atoms with van der Waals surface area (Å²) < 4.78 is 21.3. The fourth-order valence-electron chi connectivity index (χ4n) is 3.98. The number of nitrogens with one attached hydrogen (secondary N) is 1. The van der Waals surface area contributed by atoms with Crippen LogP contribution in [0, 0.1) is 0 Å². The molecule has 2 fully saturated rings. The van der Waals surface area contributed by atoms with E-state index in [-0.39, 0.29) is 13.2 Å². The van der Waals surface area contributed by atoms with Crippen LogP contribution in [0.2, 0.25) is 0 Å². The smallest absolute Gasteiger partial charge is 0.407 e. The summed E-state index contributed by atoms with van der Waals surface area (Å²) in [6.45, 7) is -2.39. The van der Waals surface area contributed by atoms with E-state index in [0.717, 1.165) is 0 Å². The standard InChI is InChI=1S/C18H34N2O13/c1-20-17(28)33-14-10(24)8(5-22)32-16(13(14)27)18(29,6-30-3-2-19)15-12(26)11(25)9(23)7(4-21)31-15/h7-16,21-27,29H,2-6,19H2,1H3,(H,20,28)/t7-,8+,9+,10+,11-,12-,13-,14-,15?,16-,18?/m0/s1. The Balaban J connectivity index is 2.47. The number of alkyl carbamates (subject to hydrolysis) is 1. The summed E-state index contributed by atoms with van der Waals surface area (Å²) in [5, 5.41) is 85.0. The zero-order chi connectivity index (χ0) is 24.9. The second-order valence-corrected chi connectivity index (χ2v) is 7.96. The maximum absolute atomic E-state index is 11.7. The number of nitrogens with two attached hydrogens (primary N) is 1. The molecule has 15 heteroatoms. The topological polar surface area (TPSA) is 254 Å². The minimum atomic E-state index is -2.53. The normalized spacial score (nSPS) is 41.3. The van der Waals surface area contributed by atoms with Crippen molar-refractivity contribution in [2.24, 2.45) is 5.73 Å². The number of hydrogen-bond donors (Lipinski definition) is 10. The largest absolute Gasteiger partial charge is 0.440 e. The lowest BCUT2D eigenvalue weighted by Gasteiger charge is -2.53. The first-order valence-electron chi connectivity index (χ1n) is 10.4. The van der Waals surface area contributed by atoms with Crippen molar-refractivity contribution in [1.82, 2.24) is 5.32 Å². The summed E-state index contributed by atoms with van der Waals surface area (Å²) >= 11 is 0. The molecule has 15 nitrogen and oxygen atoms in total. The first kappa shape index (κ1) is 28.0. The van der Waals surface area contributed by atoms with Gasteiger partial charge in [-0.2, -0.15) is 0 Å². The molecule has 0 radical (unpaired) electrons. The summed E-state index contributed by atoms with van der Waals surface area (Å²) in [4.78, 5) is 11.7. The van der Waals surface area contributed by atoms with Gasteiger partial charge in [-0.15, -0.1) is 0 Å². The molecule has 0 spiro atoms. The first-order chi connectivity index (χ1) is 15.6. The Morgan fingerprint density at radius 2 is 1.48 bits per heavy atom. The van der Waals surface area contributed by atoms with E-state index in [1.54, 1.807) is 0 Å². The van der Waals surface area contributed by atoms with Gasteiger partial charge in [-0.05, 0) is 0 Å². The van der Waals surface area contributed by atoms with Crippen molar-refractivity contribution < 1.29 is 64.6 Å². The Morgan fingerprint density at radius 1 is 0.939 bits per heavy atom. The number of rotatable bonds is 9. The van der Waals surface area contributed by atoms with E-state index in [2.05, 4.69) is 5.32 Å². The summed E-state index contributed by atoms with van der Waals surface area (Å²) in [6.07, 6.45) is -18.5. The van der Waals surface area contributed by atoms with Gasteiger partial charge < -0.3 is 70.9 Å². The number of hydrogen-bond acceptors (Lipinski definition) is 14. The summed E-state index contributed by atoms with van der Waals surface area (Å²) in [5.74, 6) is 0. The summed E-state index contributed by atoms with van der Waals surface area (Å²) in [6, 6.07) is 0. The molecule has 0 bridgehead atoms. The molecule has 0 aliphatic carbocycles. The van der Waals surface area contributed by atoms with Crippen LogP contribution in [0.4, 0.5) is 4.79 Å². The highest BCUT2D eigenvalue weighted by Gasteiger charge is 2.61. The van der Waals surface area contributed by atoms with E-state index >= 15 is 0 Å². The second-order valence-electron chi connectivity index (χ2n) is 7.96. The first-order valence-corrected chi connectivity index (χ1v) is 10.4. The van der Waals surface area contributed by atoms with Gasteiger partial charge in [0.25, 0.3) is 0 Å². The van der Waals surface area contributed by atoms with E-state index < -0.39 is 92.6 Å². The molecule has 2 aliphatic rings. The molecule has 194 valence electrons.